The number of carboxylic acids is 1. The van der Waals surface area contributed by atoms with Crippen molar-refractivity contribution in [2.45, 2.75) is 25.3 Å². The van der Waals surface area contributed by atoms with E-state index < -0.39 is 12.0 Å². The van der Waals surface area contributed by atoms with Gasteiger partial charge < -0.3 is 10.0 Å². The maximum atomic E-state index is 12.6. The molecule has 2 aliphatic heterocycles. The zero-order valence-electron chi connectivity index (χ0n) is 14.0. The van der Waals surface area contributed by atoms with Crippen LogP contribution in [0.4, 0.5) is 0 Å². The fraction of sp³-hybridized carbons (Fsp3) is 0.333. The highest BCUT2D eigenvalue weighted by Crippen LogP contribution is 2.32. The van der Waals surface area contributed by atoms with Crippen LogP contribution in [0.25, 0.3) is 6.08 Å². The number of amides is 2. The maximum absolute atomic E-state index is 12.6. The normalized spacial score (nSPS) is 22.2. The summed E-state index contributed by atoms with van der Waals surface area (Å²) in [6.07, 6.45) is 3.72. The standard InChI is InChI=1S/C18H18N2O4S2/c21-15(19-9-5-4-8-13(19)17(23)24)11-20-16(22)14(26-18(20)25)10-12-6-2-1-3-7-12/h1-3,6-7,10,13H,4-5,8-9,11H2,(H,23,24)/b14-10+/t13-/m1/s1. The van der Waals surface area contributed by atoms with Gasteiger partial charge in [-0.05, 0) is 30.9 Å². The van der Waals surface area contributed by atoms with Crippen molar-refractivity contribution in [3.63, 3.8) is 0 Å². The van der Waals surface area contributed by atoms with Gasteiger partial charge in [0.1, 0.15) is 16.9 Å². The van der Waals surface area contributed by atoms with Gasteiger partial charge in [-0.3, -0.25) is 14.5 Å². The molecule has 26 heavy (non-hydrogen) atoms. The Morgan fingerprint density at radius 2 is 2.00 bits per heavy atom. The van der Waals surface area contributed by atoms with E-state index in [1.54, 1.807) is 6.08 Å². The number of aliphatic carboxylic acids is 1. The van der Waals surface area contributed by atoms with E-state index in [4.69, 9.17) is 12.2 Å². The van der Waals surface area contributed by atoms with Crippen LogP contribution in [0.1, 0.15) is 24.8 Å². The van der Waals surface area contributed by atoms with Gasteiger partial charge in [0.15, 0.2) is 0 Å². The summed E-state index contributed by atoms with van der Waals surface area (Å²) in [5.41, 5.74) is 0.876. The summed E-state index contributed by atoms with van der Waals surface area (Å²) in [7, 11) is 0. The van der Waals surface area contributed by atoms with E-state index in [0.717, 1.165) is 30.2 Å². The number of likely N-dealkylation sites (tertiary alicyclic amines) is 1. The van der Waals surface area contributed by atoms with Crippen LogP contribution in [0.5, 0.6) is 0 Å². The average molecular weight is 390 g/mol. The highest BCUT2D eigenvalue weighted by Gasteiger charge is 2.37. The molecule has 1 aromatic rings. The summed E-state index contributed by atoms with van der Waals surface area (Å²) in [5.74, 6) is -1.71. The highest BCUT2D eigenvalue weighted by molar-refractivity contribution is 8.26. The number of hydrogen-bond acceptors (Lipinski definition) is 5. The molecule has 0 spiro atoms. The zero-order chi connectivity index (χ0) is 18.7. The highest BCUT2D eigenvalue weighted by atomic mass is 32.2. The number of piperidine rings is 1. The van der Waals surface area contributed by atoms with Gasteiger partial charge in [-0.15, -0.1) is 0 Å². The first-order valence-corrected chi connectivity index (χ1v) is 9.52. The molecule has 2 aliphatic rings. The van der Waals surface area contributed by atoms with Crippen molar-refractivity contribution in [1.82, 2.24) is 9.80 Å². The summed E-state index contributed by atoms with van der Waals surface area (Å²) in [5, 5.41) is 9.32. The van der Waals surface area contributed by atoms with Crippen LogP contribution in [0, 0.1) is 0 Å². The van der Waals surface area contributed by atoms with Crippen LogP contribution in [-0.2, 0) is 14.4 Å². The number of carbonyl (C=O) groups is 3. The van der Waals surface area contributed by atoms with Gasteiger partial charge in [0.05, 0.1) is 4.91 Å². The van der Waals surface area contributed by atoms with E-state index in [1.807, 2.05) is 30.3 Å². The molecule has 0 bridgehead atoms. The van der Waals surface area contributed by atoms with Gasteiger partial charge >= 0.3 is 5.97 Å². The van der Waals surface area contributed by atoms with Crippen molar-refractivity contribution in [2.75, 3.05) is 13.1 Å². The third kappa shape index (κ3) is 3.96. The van der Waals surface area contributed by atoms with Gasteiger partial charge in [-0.25, -0.2) is 4.79 Å². The van der Waals surface area contributed by atoms with E-state index in [0.29, 0.717) is 22.2 Å². The molecule has 0 aromatic heterocycles. The summed E-state index contributed by atoms with van der Waals surface area (Å²) in [4.78, 5) is 39.7. The third-order valence-electron chi connectivity index (χ3n) is 4.37. The second-order valence-electron chi connectivity index (χ2n) is 6.12. The number of hydrogen-bond donors (Lipinski definition) is 1. The van der Waals surface area contributed by atoms with Crippen LogP contribution in [0.3, 0.4) is 0 Å². The van der Waals surface area contributed by atoms with Crippen molar-refractivity contribution < 1.29 is 19.5 Å². The minimum Gasteiger partial charge on any atom is -0.480 e. The summed E-state index contributed by atoms with van der Waals surface area (Å²) in [6, 6.07) is 8.57. The monoisotopic (exact) mass is 390 g/mol. The molecule has 1 atom stereocenters. The Kier molecular flexibility index (Phi) is 5.73. The smallest absolute Gasteiger partial charge is 0.326 e. The molecule has 3 rings (SSSR count). The molecule has 2 saturated heterocycles. The Morgan fingerprint density at radius 3 is 2.69 bits per heavy atom. The lowest BCUT2D eigenvalue weighted by molar-refractivity contribution is -0.152. The Labute approximate surface area is 160 Å². The molecule has 2 amide bonds. The first-order valence-electron chi connectivity index (χ1n) is 8.30. The van der Waals surface area contributed by atoms with Crippen LogP contribution < -0.4 is 0 Å². The first kappa shape index (κ1) is 18.6. The van der Waals surface area contributed by atoms with Crippen LogP contribution in [0.15, 0.2) is 35.2 Å². The summed E-state index contributed by atoms with van der Waals surface area (Å²) in [6.45, 7) is 0.172. The molecule has 1 N–H and O–H groups in total. The minimum absolute atomic E-state index is 0.222. The molecule has 6 nitrogen and oxygen atoms in total. The van der Waals surface area contributed by atoms with Crippen molar-refractivity contribution in [2.24, 2.45) is 0 Å². The number of nitrogens with zero attached hydrogens (tertiary/aromatic N) is 2. The molecule has 0 radical (unpaired) electrons. The Morgan fingerprint density at radius 1 is 1.27 bits per heavy atom. The topological polar surface area (TPSA) is 77.9 Å². The van der Waals surface area contributed by atoms with E-state index in [-0.39, 0.29) is 18.4 Å². The summed E-state index contributed by atoms with van der Waals surface area (Å²) < 4.78 is 0.314. The van der Waals surface area contributed by atoms with Crippen LogP contribution in [-0.4, -0.2) is 56.1 Å². The number of thioether (sulfide) groups is 1. The second-order valence-corrected chi connectivity index (χ2v) is 7.79. The van der Waals surface area contributed by atoms with Crippen LogP contribution in [0.2, 0.25) is 0 Å². The third-order valence-corrected chi connectivity index (χ3v) is 5.75. The minimum atomic E-state index is -1.01. The van der Waals surface area contributed by atoms with Gasteiger partial charge in [0.2, 0.25) is 5.91 Å². The van der Waals surface area contributed by atoms with Crippen LogP contribution >= 0.6 is 24.0 Å². The SMILES string of the molecule is O=C(O)[C@H]1CCCCN1C(=O)CN1C(=O)/C(=C\c2ccccc2)SC1=S. The lowest BCUT2D eigenvalue weighted by Gasteiger charge is -2.33. The number of benzene rings is 1. The Balaban J connectivity index is 1.72. The molecule has 8 heteroatoms. The average Bonchev–Trinajstić information content (AvgIpc) is 2.90. The van der Waals surface area contributed by atoms with Gasteiger partial charge in [0.25, 0.3) is 5.91 Å². The molecule has 0 unspecified atom stereocenters. The van der Waals surface area contributed by atoms with Crippen molar-refractivity contribution in [3.8, 4) is 0 Å². The molecule has 2 fully saturated rings. The van der Waals surface area contributed by atoms with E-state index in [9.17, 15) is 19.5 Å². The van der Waals surface area contributed by atoms with Crippen molar-refractivity contribution in [1.29, 1.82) is 0 Å². The molecule has 2 heterocycles. The number of thiocarbonyl (C=S) groups is 1. The van der Waals surface area contributed by atoms with Gasteiger partial charge in [0, 0.05) is 6.54 Å². The molecule has 0 saturated carbocycles. The maximum Gasteiger partial charge on any atom is 0.326 e. The second kappa shape index (κ2) is 8.01. The lowest BCUT2D eigenvalue weighted by atomic mass is 10.0. The molecular weight excluding hydrogens is 372 g/mol. The van der Waals surface area contributed by atoms with E-state index >= 15 is 0 Å². The quantitative estimate of drug-likeness (QED) is 0.628. The summed E-state index contributed by atoms with van der Waals surface area (Å²) >= 11 is 6.41. The van der Waals surface area contributed by atoms with Crippen molar-refractivity contribution >= 4 is 52.2 Å². The lowest BCUT2D eigenvalue weighted by Crippen LogP contribution is -2.51. The molecule has 0 aliphatic carbocycles. The molecule has 136 valence electrons. The predicted octanol–water partition coefficient (Wildman–Crippen LogP) is 2.35. The molecule has 1 aromatic carbocycles. The van der Waals surface area contributed by atoms with E-state index in [2.05, 4.69) is 0 Å². The van der Waals surface area contributed by atoms with Gasteiger partial charge in [-0.1, -0.05) is 54.3 Å². The number of carbonyl (C=O) groups excluding carboxylic acids is 2. The largest absolute Gasteiger partial charge is 0.480 e. The fourth-order valence-electron chi connectivity index (χ4n) is 3.05. The van der Waals surface area contributed by atoms with Crippen molar-refractivity contribution in [3.05, 3.63) is 40.8 Å². The molecular formula is C18H18N2O4S2. The number of rotatable bonds is 4. The van der Waals surface area contributed by atoms with E-state index in [1.165, 1.54) is 9.80 Å². The number of carboxylic acid groups (broad SMARTS) is 1. The Bertz CT molecular complexity index is 779. The Hall–Kier alpha value is -2.19. The van der Waals surface area contributed by atoms with Gasteiger partial charge in [-0.2, -0.15) is 0 Å². The fourth-order valence-corrected chi connectivity index (χ4v) is 4.30. The predicted molar refractivity (Wildman–Crippen MR) is 103 cm³/mol. The zero-order valence-corrected chi connectivity index (χ0v) is 15.6. The first-order chi connectivity index (χ1) is 12.5.